The number of rotatable bonds is 2. The van der Waals surface area contributed by atoms with Crippen molar-refractivity contribution in [3.8, 4) is 0 Å². The molecule has 1 rings (SSSR count). The molecule has 72 valence electrons. The smallest absolute Gasteiger partial charge is 0.354 e. The van der Waals surface area contributed by atoms with Gasteiger partial charge in [-0.3, -0.25) is 4.79 Å². The highest BCUT2D eigenvalue weighted by Gasteiger charge is 2.23. The Morgan fingerprint density at radius 1 is 1.69 bits per heavy atom. The minimum atomic E-state index is -1.07. The van der Waals surface area contributed by atoms with E-state index in [-0.39, 0.29) is 11.6 Å². The maximum Gasteiger partial charge on any atom is 0.354 e. The van der Waals surface area contributed by atoms with Gasteiger partial charge in [0.1, 0.15) is 5.70 Å². The highest BCUT2D eigenvalue weighted by Crippen LogP contribution is 2.08. The SMILES string of the molecule is CCC(=O)N1CCNC=C1C(=O)O. The third kappa shape index (κ3) is 1.99. The van der Waals surface area contributed by atoms with Crippen LogP contribution in [0.1, 0.15) is 13.3 Å². The molecule has 0 bridgehead atoms. The zero-order chi connectivity index (χ0) is 9.84. The van der Waals surface area contributed by atoms with Crippen LogP contribution in [0.25, 0.3) is 0 Å². The number of hydrogen-bond acceptors (Lipinski definition) is 3. The maximum atomic E-state index is 11.3. The van der Waals surface area contributed by atoms with Crippen LogP contribution in [0.2, 0.25) is 0 Å². The van der Waals surface area contributed by atoms with Crippen LogP contribution >= 0.6 is 0 Å². The van der Waals surface area contributed by atoms with Crippen LogP contribution in [0.5, 0.6) is 0 Å². The summed E-state index contributed by atoms with van der Waals surface area (Å²) in [6.07, 6.45) is 1.68. The van der Waals surface area contributed by atoms with Gasteiger partial charge >= 0.3 is 5.97 Å². The summed E-state index contributed by atoms with van der Waals surface area (Å²) in [5.41, 5.74) is 0.0260. The minimum Gasteiger partial charge on any atom is -0.477 e. The number of carbonyl (C=O) groups excluding carboxylic acids is 1. The zero-order valence-corrected chi connectivity index (χ0v) is 7.41. The Morgan fingerprint density at radius 3 is 2.92 bits per heavy atom. The van der Waals surface area contributed by atoms with Crippen LogP contribution in [0.3, 0.4) is 0 Å². The van der Waals surface area contributed by atoms with Crippen molar-refractivity contribution in [3.63, 3.8) is 0 Å². The lowest BCUT2D eigenvalue weighted by Gasteiger charge is -2.26. The second-order valence-corrected chi connectivity index (χ2v) is 2.69. The van der Waals surface area contributed by atoms with Crippen LogP contribution in [0, 0.1) is 0 Å². The lowest BCUT2D eigenvalue weighted by atomic mass is 10.3. The summed E-state index contributed by atoms with van der Waals surface area (Å²) < 4.78 is 0. The molecule has 0 saturated heterocycles. The van der Waals surface area contributed by atoms with Crippen molar-refractivity contribution in [3.05, 3.63) is 11.9 Å². The number of aliphatic carboxylic acids is 1. The van der Waals surface area contributed by atoms with Gasteiger partial charge in [-0.1, -0.05) is 6.92 Å². The average molecular weight is 184 g/mol. The van der Waals surface area contributed by atoms with Gasteiger partial charge in [-0.25, -0.2) is 4.79 Å². The first kappa shape index (κ1) is 9.57. The van der Waals surface area contributed by atoms with E-state index in [0.29, 0.717) is 19.5 Å². The average Bonchev–Trinajstić information content (AvgIpc) is 2.16. The molecule has 1 aliphatic rings. The van der Waals surface area contributed by atoms with Crippen molar-refractivity contribution < 1.29 is 14.7 Å². The molecule has 0 radical (unpaired) electrons. The lowest BCUT2D eigenvalue weighted by Crippen LogP contribution is -2.42. The minimum absolute atomic E-state index is 0.0260. The molecule has 13 heavy (non-hydrogen) atoms. The van der Waals surface area contributed by atoms with Crippen molar-refractivity contribution in [2.24, 2.45) is 0 Å². The van der Waals surface area contributed by atoms with Crippen molar-refractivity contribution in [2.75, 3.05) is 13.1 Å². The Hall–Kier alpha value is -1.52. The molecular weight excluding hydrogens is 172 g/mol. The lowest BCUT2D eigenvalue weighted by molar-refractivity contribution is -0.139. The Morgan fingerprint density at radius 2 is 2.38 bits per heavy atom. The van der Waals surface area contributed by atoms with Crippen molar-refractivity contribution in [2.45, 2.75) is 13.3 Å². The monoisotopic (exact) mass is 184 g/mol. The van der Waals surface area contributed by atoms with E-state index in [1.165, 1.54) is 11.1 Å². The summed E-state index contributed by atoms with van der Waals surface area (Å²) in [5.74, 6) is -1.23. The Labute approximate surface area is 76.0 Å². The Bertz CT molecular complexity index is 260. The number of carbonyl (C=O) groups is 2. The van der Waals surface area contributed by atoms with E-state index in [1.807, 2.05) is 0 Å². The zero-order valence-electron chi connectivity index (χ0n) is 7.41. The van der Waals surface area contributed by atoms with Gasteiger partial charge in [-0.15, -0.1) is 0 Å². The van der Waals surface area contributed by atoms with Gasteiger partial charge in [0.05, 0.1) is 0 Å². The van der Waals surface area contributed by atoms with E-state index in [1.54, 1.807) is 6.92 Å². The number of nitrogens with zero attached hydrogens (tertiary/aromatic N) is 1. The Balaban J connectivity index is 2.82. The van der Waals surface area contributed by atoms with Gasteiger partial charge in [-0.2, -0.15) is 0 Å². The highest BCUT2D eigenvalue weighted by atomic mass is 16.4. The van der Waals surface area contributed by atoms with Crippen LogP contribution in [-0.2, 0) is 9.59 Å². The molecule has 5 heteroatoms. The topological polar surface area (TPSA) is 69.6 Å². The van der Waals surface area contributed by atoms with Crippen molar-refractivity contribution in [1.82, 2.24) is 10.2 Å². The molecular formula is C8H12N2O3. The maximum absolute atomic E-state index is 11.3. The summed E-state index contributed by atoms with van der Waals surface area (Å²) in [4.78, 5) is 23.2. The van der Waals surface area contributed by atoms with Gasteiger partial charge in [0.25, 0.3) is 0 Å². The quantitative estimate of drug-likeness (QED) is 0.621. The van der Waals surface area contributed by atoms with Gasteiger partial charge < -0.3 is 15.3 Å². The van der Waals surface area contributed by atoms with Gasteiger partial charge in [0.2, 0.25) is 5.91 Å². The molecule has 0 aromatic carbocycles. The number of carboxylic acids is 1. The van der Waals surface area contributed by atoms with Crippen LogP contribution < -0.4 is 5.32 Å². The van der Waals surface area contributed by atoms with Gasteiger partial charge in [0.15, 0.2) is 0 Å². The number of nitrogens with one attached hydrogen (secondary N) is 1. The fourth-order valence-corrected chi connectivity index (χ4v) is 1.17. The molecule has 1 heterocycles. The van der Waals surface area contributed by atoms with Gasteiger partial charge in [-0.05, 0) is 0 Å². The molecule has 0 aromatic rings. The highest BCUT2D eigenvalue weighted by molar-refractivity contribution is 5.92. The molecule has 0 fully saturated rings. The Kier molecular flexibility index (Phi) is 2.89. The van der Waals surface area contributed by atoms with Gasteiger partial charge in [0, 0.05) is 25.7 Å². The molecule has 0 aliphatic carbocycles. The molecule has 1 amide bonds. The largest absolute Gasteiger partial charge is 0.477 e. The summed E-state index contributed by atoms with van der Waals surface area (Å²) in [5, 5.41) is 11.5. The number of amides is 1. The number of hydrogen-bond donors (Lipinski definition) is 2. The van der Waals surface area contributed by atoms with E-state index >= 15 is 0 Å². The van der Waals surface area contributed by atoms with E-state index in [4.69, 9.17) is 5.11 Å². The molecule has 5 nitrogen and oxygen atoms in total. The van der Waals surface area contributed by atoms with E-state index < -0.39 is 5.97 Å². The summed E-state index contributed by atoms with van der Waals surface area (Å²) in [7, 11) is 0. The van der Waals surface area contributed by atoms with Crippen LogP contribution in [0.15, 0.2) is 11.9 Å². The second-order valence-electron chi connectivity index (χ2n) is 2.69. The third-order valence-corrected chi connectivity index (χ3v) is 1.83. The fraction of sp³-hybridized carbons (Fsp3) is 0.500. The molecule has 0 unspecified atom stereocenters. The number of carboxylic acid groups (broad SMARTS) is 1. The molecule has 0 aromatic heterocycles. The summed E-state index contributed by atoms with van der Waals surface area (Å²) >= 11 is 0. The van der Waals surface area contributed by atoms with Crippen molar-refractivity contribution in [1.29, 1.82) is 0 Å². The fourth-order valence-electron chi connectivity index (χ4n) is 1.17. The predicted octanol–water partition coefficient (Wildman–Crippen LogP) is -0.246. The first-order chi connectivity index (χ1) is 6.16. The standard InChI is InChI=1S/C8H12N2O3/c1-2-7(11)10-4-3-9-5-6(10)8(12)13/h5,9H,2-4H2,1H3,(H,12,13). The predicted molar refractivity (Wildman–Crippen MR) is 45.7 cm³/mol. The van der Waals surface area contributed by atoms with E-state index in [9.17, 15) is 9.59 Å². The summed E-state index contributed by atoms with van der Waals surface area (Å²) in [6, 6.07) is 0. The molecule has 1 aliphatic heterocycles. The molecule has 2 N–H and O–H groups in total. The van der Waals surface area contributed by atoms with E-state index in [2.05, 4.69) is 5.32 Å². The first-order valence-corrected chi connectivity index (χ1v) is 4.14. The van der Waals surface area contributed by atoms with Crippen molar-refractivity contribution >= 4 is 11.9 Å². The van der Waals surface area contributed by atoms with Crippen LogP contribution in [-0.4, -0.2) is 35.0 Å². The molecule has 0 atom stereocenters. The van der Waals surface area contributed by atoms with E-state index in [0.717, 1.165) is 0 Å². The molecule has 0 saturated carbocycles. The first-order valence-electron chi connectivity index (χ1n) is 4.14. The van der Waals surface area contributed by atoms with Crippen LogP contribution in [0.4, 0.5) is 0 Å². The summed E-state index contributed by atoms with van der Waals surface area (Å²) in [6.45, 7) is 2.73. The normalized spacial score (nSPS) is 16.1. The third-order valence-electron chi connectivity index (χ3n) is 1.83. The molecule has 0 spiro atoms. The second kappa shape index (κ2) is 3.93.